The lowest BCUT2D eigenvalue weighted by Crippen LogP contribution is -2.35. The van der Waals surface area contributed by atoms with Crippen LogP contribution >= 0.6 is 0 Å². The third kappa shape index (κ3) is 4.33. The second-order valence-corrected chi connectivity index (χ2v) is 6.19. The molecular formula is C20H23N3O3. The fraction of sp³-hybridized carbons (Fsp3) is 0.300. The van der Waals surface area contributed by atoms with Crippen molar-refractivity contribution in [2.45, 2.75) is 19.4 Å². The zero-order valence-electron chi connectivity index (χ0n) is 14.8. The van der Waals surface area contributed by atoms with Gasteiger partial charge in [-0.05, 0) is 43.2 Å². The molecule has 6 heteroatoms. The van der Waals surface area contributed by atoms with E-state index in [1.165, 1.54) is 12.8 Å². The van der Waals surface area contributed by atoms with Crippen molar-refractivity contribution in [3.8, 4) is 5.75 Å². The monoisotopic (exact) mass is 353 g/mol. The molecule has 1 aliphatic rings. The quantitative estimate of drug-likeness (QED) is 0.811. The number of benzene rings is 2. The van der Waals surface area contributed by atoms with Gasteiger partial charge in [-0.15, -0.1) is 0 Å². The second-order valence-electron chi connectivity index (χ2n) is 6.19. The largest absolute Gasteiger partial charge is 0.496 e. The van der Waals surface area contributed by atoms with Gasteiger partial charge in [-0.25, -0.2) is 0 Å². The lowest BCUT2D eigenvalue weighted by atomic mass is 10.2. The third-order valence-electron chi connectivity index (χ3n) is 4.43. The predicted octanol–water partition coefficient (Wildman–Crippen LogP) is 2.55. The van der Waals surface area contributed by atoms with Gasteiger partial charge in [0.05, 0.1) is 7.11 Å². The van der Waals surface area contributed by atoms with E-state index in [1.807, 2.05) is 48.5 Å². The molecule has 2 N–H and O–H groups in total. The average molecular weight is 353 g/mol. The minimum Gasteiger partial charge on any atom is -0.496 e. The third-order valence-corrected chi connectivity index (χ3v) is 4.43. The minimum absolute atomic E-state index is 0.226. The highest BCUT2D eigenvalue weighted by Gasteiger charge is 2.15. The molecule has 0 aliphatic carbocycles. The summed E-state index contributed by atoms with van der Waals surface area (Å²) in [6.07, 6.45) is 2.43. The van der Waals surface area contributed by atoms with Gasteiger partial charge in [-0.3, -0.25) is 9.59 Å². The Kier molecular flexibility index (Phi) is 5.73. The minimum atomic E-state index is -0.686. The molecule has 0 bridgehead atoms. The molecule has 0 saturated carbocycles. The molecule has 0 atom stereocenters. The molecule has 2 aromatic carbocycles. The first kappa shape index (κ1) is 17.8. The van der Waals surface area contributed by atoms with Gasteiger partial charge < -0.3 is 20.3 Å². The van der Waals surface area contributed by atoms with Crippen molar-refractivity contribution in [1.29, 1.82) is 0 Å². The molecule has 6 nitrogen and oxygen atoms in total. The Balaban J connectivity index is 1.53. The highest BCUT2D eigenvalue weighted by Crippen LogP contribution is 2.22. The number of nitrogens with zero attached hydrogens (tertiary/aromatic N) is 1. The van der Waals surface area contributed by atoms with E-state index >= 15 is 0 Å². The topological polar surface area (TPSA) is 70.7 Å². The number of carbonyl (C=O) groups excluding carboxylic acids is 2. The fourth-order valence-electron chi connectivity index (χ4n) is 3.02. The van der Waals surface area contributed by atoms with E-state index in [1.54, 1.807) is 7.11 Å². The first-order chi connectivity index (χ1) is 12.7. The van der Waals surface area contributed by atoms with Crippen LogP contribution in [0.3, 0.4) is 0 Å². The van der Waals surface area contributed by atoms with Crippen LogP contribution in [0.25, 0.3) is 0 Å². The molecule has 2 amide bonds. The number of hydrogen-bond acceptors (Lipinski definition) is 4. The van der Waals surface area contributed by atoms with Crippen molar-refractivity contribution in [1.82, 2.24) is 5.32 Å². The number of nitrogens with one attached hydrogen (secondary N) is 2. The van der Waals surface area contributed by atoms with E-state index in [-0.39, 0.29) is 6.54 Å². The van der Waals surface area contributed by atoms with Gasteiger partial charge >= 0.3 is 11.8 Å². The van der Waals surface area contributed by atoms with Crippen LogP contribution in [0.1, 0.15) is 18.4 Å². The number of methoxy groups -OCH3 is 1. The van der Waals surface area contributed by atoms with Crippen LogP contribution in [0, 0.1) is 0 Å². The highest BCUT2D eigenvalue weighted by molar-refractivity contribution is 6.39. The molecule has 0 aromatic heterocycles. The van der Waals surface area contributed by atoms with Crippen LogP contribution in [-0.2, 0) is 16.1 Å². The Morgan fingerprint density at radius 3 is 2.38 bits per heavy atom. The molecular weight excluding hydrogens is 330 g/mol. The number of ether oxygens (including phenoxy) is 1. The Hall–Kier alpha value is -3.02. The van der Waals surface area contributed by atoms with Gasteiger partial charge in [-0.1, -0.05) is 18.2 Å². The number of carbonyl (C=O) groups is 2. The molecule has 0 spiro atoms. The van der Waals surface area contributed by atoms with Crippen molar-refractivity contribution in [3.63, 3.8) is 0 Å². The summed E-state index contributed by atoms with van der Waals surface area (Å²) in [5, 5.41) is 5.23. The molecule has 2 aromatic rings. The SMILES string of the molecule is COc1ccccc1CNC(=O)C(=O)Nc1ccc(N2CCCC2)cc1. The maximum atomic E-state index is 12.1. The highest BCUT2D eigenvalue weighted by atomic mass is 16.5. The van der Waals surface area contributed by atoms with E-state index in [0.717, 1.165) is 24.3 Å². The van der Waals surface area contributed by atoms with E-state index < -0.39 is 11.8 Å². The number of hydrogen-bond donors (Lipinski definition) is 2. The number of rotatable bonds is 5. The van der Waals surface area contributed by atoms with Crippen LogP contribution < -0.4 is 20.3 Å². The van der Waals surface area contributed by atoms with Crippen molar-refractivity contribution >= 4 is 23.2 Å². The van der Waals surface area contributed by atoms with Crippen molar-refractivity contribution < 1.29 is 14.3 Å². The van der Waals surface area contributed by atoms with E-state index in [0.29, 0.717) is 11.4 Å². The average Bonchev–Trinajstić information content (AvgIpc) is 3.21. The maximum Gasteiger partial charge on any atom is 0.313 e. The van der Waals surface area contributed by atoms with Crippen LogP contribution in [0.5, 0.6) is 5.75 Å². The lowest BCUT2D eigenvalue weighted by Gasteiger charge is -2.17. The summed E-state index contributed by atoms with van der Waals surface area (Å²) >= 11 is 0. The molecule has 1 fully saturated rings. The van der Waals surface area contributed by atoms with E-state index in [9.17, 15) is 9.59 Å². The predicted molar refractivity (Wildman–Crippen MR) is 101 cm³/mol. The molecule has 0 radical (unpaired) electrons. The van der Waals surface area contributed by atoms with E-state index in [2.05, 4.69) is 15.5 Å². The molecule has 1 heterocycles. The molecule has 1 aliphatic heterocycles. The number of anilines is 2. The van der Waals surface area contributed by atoms with Crippen LogP contribution in [-0.4, -0.2) is 32.0 Å². The van der Waals surface area contributed by atoms with Gasteiger partial charge in [0.15, 0.2) is 0 Å². The summed E-state index contributed by atoms with van der Waals surface area (Å²) in [5.41, 5.74) is 2.55. The molecule has 3 rings (SSSR count). The van der Waals surface area contributed by atoms with Gasteiger partial charge in [0.1, 0.15) is 5.75 Å². The number of amides is 2. The maximum absolute atomic E-state index is 12.1. The lowest BCUT2D eigenvalue weighted by molar-refractivity contribution is -0.136. The summed E-state index contributed by atoms with van der Waals surface area (Å²) in [5.74, 6) is -0.695. The Morgan fingerprint density at radius 2 is 1.69 bits per heavy atom. The molecule has 26 heavy (non-hydrogen) atoms. The zero-order chi connectivity index (χ0) is 18.4. The van der Waals surface area contributed by atoms with Gasteiger partial charge in [0.25, 0.3) is 0 Å². The first-order valence-electron chi connectivity index (χ1n) is 8.73. The van der Waals surface area contributed by atoms with Gasteiger partial charge in [-0.2, -0.15) is 0 Å². The first-order valence-corrected chi connectivity index (χ1v) is 8.73. The summed E-state index contributed by atoms with van der Waals surface area (Å²) in [4.78, 5) is 26.4. The number of para-hydroxylation sites is 1. The van der Waals surface area contributed by atoms with Crippen LogP contribution in [0.4, 0.5) is 11.4 Å². The summed E-state index contributed by atoms with van der Waals surface area (Å²) in [6, 6.07) is 14.9. The normalized spacial score (nSPS) is 13.3. The molecule has 136 valence electrons. The molecule has 1 saturated heterocycles. The van der Waals surface area contributed by atoms with Gasteiger partial charge in [0.2, 0.25) is 0 Å². The fourth-order valence-corrected chi connectivity index (χ4v) is 3.02. The Labute approximate surface area is 153 Å². The van der Waals surface area contributed by atoms with Crippen LogP contribution in [0.15, 0.2) is 48.5 Å². The van der Waals surface area contributed by atoms with Crippen LogP contribution in [0.2, 0.25) is 0 Å². The van der Waals surface area contributed by atoms with Crippen molar-refractivity contribution in [2.24, 2.45) is 0 Å². The second kappa shape index (κ2) is 8.38. The summed E-state index contributed by atoms with van der Waals surface area (Å²) in [7, 11) is 1.57. The van der Waals surface area contributed by atoms with Crippen molar-refractivity contribution in [2.75, 3.05) is 30.4 Å². The summed E-state index contributed by atoms with van der Waals surface area (Å²) in [6.45, 7) is 2.36. The Bertz CT molecular complexity index is 768. The smallest absolute Gasteiger partial charge is 0.313 e. The Morgan fingerprint density at radius 1 is 1.00 bits per heavy atom. The summed E-state index contributed by atoms with van der Waals surface area (Å²) < 4.78 is 5.23. The van der Waals surface area contributed by atoms with E-state index in [4.69, 9.17) is 4.74 Å². The molecule has 0 unspecified atom stereocenters. The zero-order valence-corrected chi connectivity index (χ0v) is 14.8. The standard InChI is InChI=1S/C20H23N3O3/c1-26-18-7-3-2-6-15(18)14-21-19(24)20(25)22-16-8-10-17(11-9-16)23-12-4-5-13-23/h2-3,6-11H,4-5,12-14H2,1H3,(H,21,24)(H,22,25). The van der Waals surface area contributed by atoms with Crippen molar-refractivity contribution in [3.05, 3.63) is 54.1 Å². The van der Waals surface area contributed by atoms with Gasteiger partial charge in [0, 0.05) is 36.6 Å².